The van der Waals surface area contributed by atoms with E-state index >= 15 is 0 Å². The van der Waals surface area contributed by atoms with Gasteiger partial charge >= 0.3 is 0 Å². The van der Waals surface area contributed by atoms with Crippen LogP contribution in [0.1, 0.15) is 25.3 Å². The molecule has 1 atom stereocenters. The second-order valence-electron chi connectivity index (χ2n) is 6.93. The molecule has 2 aromatic carbocycles. The summed E-state index contributed by atoms with van der Waals surface area (Å²) in [7, 11) is -0.542. The highest BCUT2D eigenvalue weighted by atomic mass is 32.2. The minimum atomic E-state index is -3.68. The third kappa shape index (κ3) is 6.38. The predicted molar refractivity (Wildman–Crippen MR) is 119 cm³/mol. The molecule has 0 aliphatic rings. The number of aryl methyl sites for hydroxylation is 1. The van der Waals surface area contributed by atoms with Crippen LogP contribution in [-0.2, 0) is 21.2 Å². The van der Waals surface area contributed by atoms with Gasteiger partial charge in [-0.3, -0.25) is 9.10 Å². The fourth-order valence-electron chi connectivity index (χ4n) is 3.26. The fraction of sp³-hybridized carbons (Fsp3) is 0.409. The molecule has 1 unspecified atom stereocenters. The zero-order chi connectivity index (χ0) is 22.1. The van der Waals surface area contributed by atoms with Gasteiger partial charge in [-0.15, -0.1) is 0 Å². The maximum absolute atomic E-state index is 12.8. The lowest BCUT2D eigenvalue weighted by Crippen LogP contribution is -2.49. The fourth-order valence-corrected chi connectivity index (χ4v) is 4.46. The van der Waals surface area contributed by atoms with E-state index in [4.69, 9.17) is 9.47 Å². The molecule has 30 heavy (non-hydrogen) atoms. The van der Waals surface area contributed by atoms with Crippen molar-refractivity contribution in [3.8, 4) is 11.5 Å². The molecule has 2 aromatic rings. The quantitative estimate of drug-likeness (QED) is 0.550. The molecule has 2 rings (SSSR count). The molecule has 7 nitrogen and oxygen atoms in total. The molecule has 0 saturated heterocycles. The monoisotopic (exact) mass is 434 g/mol. The van der Waals surface area contributed by atoms with Crippen LogP contribution in [0.25, 0.3) is 0 Å². The van der Waals surface area contributed by atoms with Crippen molar-refractivity contribution in [1.82, 2.24) is 5.32 Å². The van der Waals surface area contributed by atoms with Gasteiger partial charge in [0.1, 0.15) is 17.5 Å². The molecule has 0 saturated carbocycles. The first-order valence-corrected chi connectivity index (χ1v) is 11.7. The Balaban J connectivity index is 2.06. The number of hydrogen-bond acceptors (Lipinski definition) is 5. The van der Waals surface area contributed by atoms with E-state index in [2.05, 4.69) is 5.32 Å². The molecular formula is C22H30N2O5S. The zero-order valence-corrected chi connectivity index (χ0v) is 18.7. The molecule has 0 spiro atoms. The number of benzene rings is 2. The van der Waals surface area contributed by atoms with Crippen molar-refractivity contribution in [2.24, 2.45) is 0 Å². The van der Waals surface area contributed by atoms with Gasteiger partial charge < -0.3 is 14.8 Å². The molecule has 8 heteroatoms. The van der Waals surface area contributed by atoms with Gasteiger partial charge in [-0.05, 0) is 49.1 Å². The van der Waals surface area contributed by atoms with Gasteiger partial charge in [0.05, 0.1) is 26.2 Å². The van der Waals surface area contributed by atoms with Gasteiger partial charge in [-0.2, -0.15) is 0 Å². The summed E-state index contributed by atoms with van der Waals surface area (Å²) in [5, 5.41) is 2.88. The van der Waals surface area contributed by atoms with Crippen molar-refractivity contribution in [3.05, 3.63) is 54.1 Å². The van der Waals surface area contributed by atoms with Crippen LogP contribution in [-0.4, -0.2) is 47.4 Å². The van der Waals surface area contributed by atoms with Gasteiger partial charge in [0, 0.05) is 12.6 Å². The third-order valence-electron chi connectivity index (χ3n) is 4.71. The van der Waals surface area contributed by atoms with Crippen molar-refractivity contribution < 1.29 is 22.7 Å². The molecule has 0 heterocycles. The first-order chi connectivity index (χ1) is 14.3. The molecule has 0 aromatic heterocycles. The molecule has 1 amide bonds. The first-order valence-electron chi connectivity index (χ1n) is 9.84. The van der Waals surface area contributed by atoms with Crippen LogP contribution in [0.4, 0.5) is 5.69 Å². The van der Waals surface area contributed by atoms with Gasteiger partial charge in [0.15, 0.2) is 0 Å². The van der Waals surface area contributed by atoms with E-state index in [-0.39, 0.29) is 5.91 Å². The van der Waals surface area contributed by atoms with E-state index in [0.29, 0.717) is 24.4 Å². The number of methoxy groups -OCH3 is 2. The van der Waals surface area contributed by atoms with E-state index < -0.39 is 16.1 Å². The second-order valence-corrected chi connectivity index (χ2v) is 8.79. The number of anilines is 1. The van der Waals surface area contributed by atoms with E-state index in [1.165, 1.54) is 7.11 Å². The van der Waals surface area contributed by atoms with Crippen molar-refractivity contribution in [2.75, 3.05) is 31.3 Å². The molecule has 1 N–H and O–H groups in total. The lowest BCUT2D eigenvalue weighted by molar-refractivity contribution is -0.122. The lowest BCUT2D eigenvalue weighted by Gasteiger charge is -2.30. The van der Waals surface area contributed by atoms with E-state index in [1.807, 2.05) is 24.3 Å². The van der Waals surface area contributed by atoms with Crippen LogP contribution in [0, 0.1) is 0 Å². The Labute approximate surface area is 179 Å². The summed E-state index contributed by atoms with van der Waals surface area (Å²) in [6, 6.07) is 13.6. The van der Waals surface area contributed by atoms with Crippen LogP contribution in [0.15, 0.2) is 48.5 Å². The number of nitrogens with zero attached hydrogens (tertiary/aromatic N) is 1. The largest absolute Gasteiger partial charge is 0.497 e. The zero-order valence-electron chi connectivity index (χ0n) is 17.9. The number of rotatable bonds is 11. The van der Waals surface area contributed by atoms with E-state index in [0.717, 1.165) is 34.7 Å². The summed E-state index contributed by atoms with van der Waals surface area (Å²) in [5.74, 6) is 0.996. The highest BCUT2D eigenvalue weighted by Crippen LogP contribution is 2.26. The second kappa shape index (κ2) is 10.9. The van der Waals surface area contributed by atoms with Crippen molar-refractivity contribution in [2.45, 2.75) is 32.2 Å². The average molecular weight is 435 g/mol. The Morgan fingerprint density at radius 1 is 1.07 bits per heavy atom. The standard InChI is InChI=1S/C22H30N2O5S/c1-5-21(24(30(4,26)27)18-11-7-13-20(16-18)29-3)22(25)23-14-8-10-17-9-6-12-19(15-17)28-2/h6-7,9,11-13,15-16,21H,5,8,10,14H2,1-4H3,(H,23,25). The van der Waals surface area contributed by atoms with Crippen LogP contribution in [0.2, 0.25) is 0 Å². The molecule has 164 valence electrons. The topological polar surface area (TPSA) is 84.9 Å². The van der Waals surface area contributed by atoms with Gasteiger partial charge in [0.2, 0.25) is 15.9 Å². The SMILES string of the molecule is CCC(C(=O)NCCCc1cccc(OC)c1)N(c1cccc(OC)c1)S(C)(=O)=O. The van der Waals surface area contributed by atoms with Gasteiger partial charge in [0.25, 0.3) is 0 Å². The van der Waals surface area contributed by atoms with Crippen LogP contribution >= 0.6 is 0 Å². The number of amides is 1. The van der Waals surface area contributed by atoms with Crippen molar-refractivity contribution in [3.63, 3.8) is 0 Å². The molecule has 0 aliphatic heterocycles. The Bertz CT molecular complexity index is 946. The maximum Gasteiger partial charge on any atom is 0.243 e. The predicted octanol–water partition coefficient (Wildman–Crippen LogP) is 3.00. The number of carbonyl (C=O) groups excluding carboxylic acids is 1. The summed E-state index contributed by atoms with van der Waals surface area (Å²) >= 11 is 0. The molecule has 0 fully saturated rings. The van der Waals surface area contributed by atoms with Crippen molar-refractivity contribution >= 4 is 21.6 Å². The lowest BCUT2D eigenvalue weighted by atomic mass is 10.1. The summed E-state index contributed by atoms with van der Waals surface area (Å²) < 4.78 is 36.6. The Morgan fingerprint density at radius 3 is 2.30 bits per heavy atom. The molecular weight excluding hydrogens is 404 g/mol. The number of sulfonamides is 1. The Hall–Kier alpha value is -2.74. The van der Waals surface area contributed by atoms with Crippen LogP contribution < -0.4 is 19.1 Å². The summed E-state index contributed by atoms with van der Waals surface area (Å²) in [4.78, 5) is 12.8. The smallest absolute Gasteiger partial charge is 0.243 e. The number of carbonyl (C=O) groups is 1. The molecule has 0 aliphatic carbocycles. The molecule has 0 radical (unpaired) electrons. The van der Waals surface area contributed by atoms with Gasteiger partial charge in [-0.25, -0.2) is 8.42 Å². The average Bonchev–Trinajstić information content (AvgIpc) is 2.74. The number of hydrogen-bond donors (Lipinski definition) is 1. The van der Waals surface area contributed by atoms with Crippen LogP contribution in [0.5, 0.6) is 11.5 Å². The highest BCUT2D eigenvalue weighted by Gasteiger charge is 2.31. The maximum atomic E-state index is 12.8. The summed E-state index contributed by atoms with van der Waals surface area (Å²) in [6.07, 6.45) is 2.95. The normalized spacial score (nSPS) is 12.1. The Kier molecular flexibility index (Phi) is 8.53. The van der Waals surface area contributed by atoms with E-state index in [1.54, 1.807) is 38.3 Å². The number of ether oxygens (including phenoxy) is 2. The third-order valence-corrected chi connectivity index (χ3v) is 5.89. The van der Waals surface area contributed by atoms with Crippen molar-refractivity contribution in [1.29, 1.82) is 0 Å². The summed E-state index contributed by atoms with van der Waals surface area (Å²) in [6.45, 7) is 2.24. The number of nitrogens with one attached hydrogen (secondary N) is 1. The Morgan fingerprint density at radius 2 is 1.70 bits per heavy atom. The first kappa shape index (κ1) is 23.5. The minimum Gasteiger partial charge on any atom is -0.497 e. The van der Waals surface area contributed by atoms with E-state index in [9.17, 15) is 13.2 Å². The van der Waals surface area contributed by atoms with Crippen LogP contribution in [0.3, 0.4) is 0 Å². The summed E-state index contributed by atoms with van der Waals surface area (Å²) in [5.41, 5.74) is 1.51. The highest BCUT2D eigenvalue weighted by molar-refractivity contribution is 7.92. The molecule has 0 bridgehead atoms. The van der Waals surface area contributed by atoms with Gasteiger partial charge in [-0.1, -0.05) is 25.1 Å². The minimum absolute atomic E-state index is 0.323.